The molecule has 0 aliphatic carbocycles. The normalized spacial score (nSPS) is 10.3. The summed E-state index contributed by atoms with van der Waals surface area (Å²) < 4.78 is 0. The van der Waals surface area contributed by atoms with Crippen LogP contribution in [0.4, 0.5) is 0 Å². The van der Waals surface area contributed by atoms with E-state index in [1.54, 1.807) is 12.1 Å². The van der Waals surface area contributed by atoms with E-state index < -0.39 is 0 Å². The highest BCUT2D eigenvalue weighted by Gasteiger charge is 2.09. The van der Waals surface area contributed by atoms with Crippen LogP contribution < -0.4 is 0 Å². The minimum Gasteiger partial charge on any atom is -0.507 e. The van der Waals surface area contributed by atoms with Gasteiger partial charge in [0.25, 0.3) is 0 Å². The van der Waals surface area contributed by atoms with Gasteiger partial charge in [-0.1, -0.05) is 12.1 Å². The van der Waals surface area contributed by atoms with Crippen LogP contribution in [0, 0.1) is 6.92 Å². The maximum absolute atomic E-state index is 9.70. The number of phenolic OH excluding ortho intramolecular Hbond substituents is 1. The van der Waals surface area contributed by atoms with Crippen molar-refractivity contribution in [2.75, 3.05) is 0 Å². The molecule has 5 heteroatoms. The molecule has 0 saturated carbocycles. The van der Waals surface area contributed by atoms with E-state index in [1.807, 2.05) is 13.0 Å². The van der Waals surface area contributed by atoms with Gasteiger partial charge in [0.1, 0.15) is 5.75 Å². The number of aromatic hydroxyl groups is 1. The van der Waals surface area contributed by atoms with Gasteiger partial charge in [0.2, 0.25) is 5.28 Å². The highest BCUT2D eigenvalue weighted by atomic mass is 35.5. The van der Waals surface area contributed by atoms with Gasteiger partial charge in [0, 0.05) is 5.56 Å². The Kier molecular flexibility index (Phi) is 2.51. The zero-order chi connectivity index (χ0) is 10.8. The first-order valence-electron chi connectivity index (χ1n) is 4.32. The monoisotopic (exact) mass is 221 g/mol. The van der Waals surface area contributed by atoms with Gasteiger partial charge in [-0.3, -0.25) is 0 Å². The summed E-state index contributed by atoms with van der Waals surface area (Å²) in [7, 11) is 0. The van der Waals surface area contributed by atoms with Crippen molar-refractivity contribution in [2.45, 2.75) is 6.92 Å². The highest BCUT2D eigenvalue weighted by Crippen LogP contribution is 2.30. The van der Waals surface area contributed by atoms with Crippen molar-refractivity contribution in [3.05, 3.63) is 35.2 Å². The number of hydrogen-bond acceptors (Lipinski definition) is 4. The first kappa shape index (κ1) is 9.86. The van der Waals surface area contributed by atoms with Gasteiger partial charge >= 0.3 is 0 Å². The van der Waals surface area contributed by atoms with Crippen molar-refractivity contribution in [1.29, 1.82) is 0 Å². The van der Waals surface area contributed by atoms with Gasteiger partial charge in [0.15, 0.2) is 0 Å². The van der Waals surface area contributed by atoms with Gasteiger partial charge in [-0.25, -0.2) is 4.98 Å². The SMILES string of the molecule is Cc1cccc(O)c1-c1cnnc(Cl)n1. The molecule has 76 valence electrons. The summed E-state index contributed by atoms with van der Waals surface area (Å²) >= 11 is 5.63. The summed E-state index contributed by atoms with van der Waals surface area (Å²) in [6, 6.07) is 5.24. The second-order valence-electron chi connectivity index (χ2n) is 3.08. The van der Waals surface area contributed by atoms with Gasteiger partial charge in [-0.05, 0) is 30.2 Å². The molecule has 0 aliphatic heterocycles. The lowest BCUT2D eigenvalue weighted by atomic mass is 10.1. The summed E-state index contributed by atoms with van der Waals surface area (Å²) in [6.45, 7) is 1.88. The van der Waals surface area contributed by atoms with Gasteiger partial charge in [-0.2, -0.15) is 5.10 Å². The molecule has 0 fully saturated rings. The third-order valence-corrected chi connectivity index (χ3v) is 2.20. The van der Waals surface area contributed by atoms with Crippen molar-refractivity contribution >= 4 is 11.6 Å². The predicted octanol–water partition coefficient (Wildman–Crippen LogP) is 2.21. The average Bonchev–Trinajstić information content (AvgIpc) is 2.17. The van der Waals surface area contributed by atoms with Crippen molar-refractivity contribution in [2.24, 2.45) is 0 Å². The Morgan fingerprint density at radius 3 is 2.80 bits per heavy atom. The number of nitrogens with zero attached hydrogens (tertiary/aromatic N) is 3. The van der Waals surface area contributed by atoms with Gasteiger partial charge in [0.05, 0.1) is 11.9 Å². The molecular formula is C10H8ClN3O. The van der Waals surface area contributed by atoms with Crippen molar-refractivity contribution < 1.29 is 5.11 Å². The molecule has 0 atom stereocenters. The molecule has 2 rings (SSSR count). The quantitative estimate of drug-likeness (QED) is 0.802. The van der Waals surface area contributed by atoms with Gasteiger partial charge in [-0.15, -0.1) is 5.10 Å². The lowest BCUT2D eigenvalue weighted by molar-refractivity contribution is 0.476. The lowest BCUT2D eigenvalue weighted by Gasteiger charge is -2.06. The van der Waals surface area contributed by atoms with E-state index in [9.17, 15) is 5.11 Å². The smallest absolute Gasteiger partial charge is 0.243 e. The number of aryl methyl sites for hydroxylation is 1. The second kappa shape index (κ2) is 3.82. The molecule has 0 amide bonds. The summed E-state index contributed by atoms with van der Waals surface area (Å²) in [4.78, 5) is 4.00. The first-order valence-corrected chi connectivity index (χ1v) is 4.70. The summed E-state index contributed by atoms with van der Waals surface area (Å²) in [5.41, 5.74) is 2.06. The van der Waals surface area contributed by atoms with E-state index in [2.05, 4.69) is 15.2 Å². The average molecular weight is 222 g/mol. The number of benzene rings is 1. The van der Waals surface area contributed by atoms with E-state index in [0.29, 0.717) is 11.3 Å². The number of hydrogen-bond donors (Lipinski definition) is 1. The molecule has 1 aromatic carbocycles. The molecule has 0 aliphatic rings. The van der Waals surface area contributed by atoms with E-state index in [4.69, 9.17) is 11.6 Å². The third-order valence-electron chi connectivity index (χ3n) is 2.04. The van der Waals surface area contributed by atoms with Crippen molar-refractivity contribution in [3.8, 4) is 17.0 Å². The van der Waals surface area contributed by atoms with Crippen molar-refractivity contribution in [1.82, 2.24) is 15.2 Å². The highest BCUT2D eigenvalue weighted by molar-refractivity contribution is 6.28. The molecule has 2 aromatic rings. The van der Waals surface area contributed by atoms with Crippen LogP contribution >= 0.6 is 11.6 Å². The molecule has 1 heterocycles. The summed E-state index contributed by atoms with van der Waals surface area (Å²) in [5.74, 6) is 0.159. The predicted molar refractivity (Wildman–Crippen MR) is 56.7 cm³/mol. The Bertz CT molecular complexity index is 482. The summed E-state index contributed by atoms with van der Waals surface area (Å²) in [6.07, 6.45) is 1.47. The van der Waals surface area contributed by atoms with E-state index >= 15 is 0 Å². The van der Waals surface area contributed by atoms with Crippen LogP contribution in [-0.4, -0.2) is 20.3 Å². The lowest BCUT2D eigenvalue weighted by Crippen LogP contribution is -1.92. The van der Waals surface area contributed by atoms with Crippen LogP contribution in [0.2, 0.25) is 5.28 Å². The third kappa shape index (κ3) is 1.89. The Morgan fingerprint density at radius 2 is 2.13 bits per heavy atom. The fourth-order valence-electron chi connectivity index (χ4n) is 1.39. The zero-order valence-corrected chi connectivity index (χ0v) is 8.73. The Hall–Kier alpha value is -1.68. The Balaban J connectivity index is 2.63. The van der Waals surface area contributed by atoms with Crippen molar-refractivity contribution in [3.63, 3.8) is 0 Å². The van der Waals surface area contributed by atoms with Crippen LogP contribution in [0.5, 0.6) is 5.75 Å². The molecule has 0 saturated heterocycles. The molecule has 1 aromatic heterocycles. The van der Waals surface area contributed by atoms with E-state index in [0.717, 1.165) is 5.56 Å². The molecule has 0 unspecified atom stereocenters. The first-order chi connectivity index (χ1) is 7.18. The second-order valence-corrected chi connectivity index (χ2v) is 3.42. The Labute approximate surface area is 91.6 Å². The topological polar surface area (TPSA) is 58.9 Å². The number of aromatic nitrogens is 3. The number of phenols is 1. The molecule has 4 nitrogen and oxygen atoms in total. The molecule has 1 N–H and O–H groups in total. The summed E-state index contributed by atoms with van der Waals surface area (Å²) in [5, 5.41) is 17.0. The zero-order valence-electron chi connectivity index (χ0n) is 7.98. The van der Waals surface area contributed by atoms with Crippen LogP contribution in [0.25, 0.3) is 11.3 Å². The Morgan fingerprint density at radius 1 is 1.33 bits per heavy atom. The number of rotatable bonds is 1. The number of halogens is 1. The van der Waals surface area contributed by atoms with Crippen LogP contribution in [-0.2, 0) is 0 Å². The molecule has 15 heavy (non-hydrogen) atoms. The van der Waals surface area contributed by atoms with Crippen LogP contribution in [0.3, 0.4) is 0 Å². The molecule has 0 bridgehead atoms. The maximum atomic E-state index is 9.70. The fourth-order valence-corrected chi connectivity index (χ4v) is 1.52. The maximum Gasteiger partial charge on any atom is 0.243 e. The molecule has 0 spiro atoms. The van der Waals surface area contributed by atoms with Crippen LogP contribution in [0.15, 0.2) is 24.4 Å². The van der Waals surface area contributed by atoms with Crippen LogP contribution in [0.1, 0.15) is 5.56 Å². The standard InChI is InChI=1S/C10H8ClN3O/c1-6-3-2-4-8(15)9(6)7-5-12-14-10(11)13-7/h2-5,15H,1H3. The van der Waals surface area contributed by atoms with E-state index in [1.165, 1.54) is 6.20 Å². The largest absolute Gasteiger partial charge is 0.507 e. The van der Waals surface area contributed by atoms with E-state index in [-0.39, 0.29) is 11.0 Å². The minimum absolute atomic E-state index is 0.0650. The van der Waals surface area contributed by atoms with Gasteiger partial charge < -0.3 is 5.11 Å². The molecule has 0 radical (unpaired) electrons. The molecular weight excluding hydrogens is 214 g/mol. The minimum atomic E-state index is 0.0650. The fraction of sp³-hybridized carbons (Fsp3) is 0.100.